The van der Waals surface area contributed by atoms with Gasteiger partial charge in [-0.15, -0.1) is 0 Å². The number of hydrogen-bond donors (Lipinski definition) is 1. The molecule has 1 aromatic rings. The van der Waals surface area contributed by atoms with E-state index in [0.717, 1.165) is 24.7 Å². The topological polar surface area (TPSA) is 29.9 Å². The van der Waals surface area contributed by atoms with Gasteiger partial charge in [-0.2, -0.15) is 5.10 Å². The van der Waals surface area contributed by atoms with Gasteiger partial charge in [-0.05, 0) is 18.8 Å². The molecule has 0 amide bonds. The van der Waals surface area contributed by atoms with Crippen LogP contribution < -0.4 is 5.32 Å². The van der Waals surface area contributed by atoms with E-state index in [1.807, 2.05) is 6.92 Å². The molecular formula is C10H17N3. The van der Waals surface area contributed by atoms with Crippen LogP contribution in [-0.4, -0.2) is 16.3 Å². The van der Waals surface area contributed by atoms with Crippen molar-refractivity contribution in [1.82, 2.24) is 9.78 Å². The molecule has 3 heteroatoms. The highest BCUT2D eigenvalue weighted by Crippen LogP contribution is 2.22. The van der Waals surface area contributed by atoms with Crippen molar-refractivity contribution in [1.29, 1.82) is 0 Å². The van der Waals surface area contributed by atoms with Crippen LogP contribution in [0.25, 0.3) is 0 Å². The Morgan fingerprint density at radius 1 is 1.62 bits per heavy atom. The van der Waals surface area contributed by atoms with Gasteiger partial charge in [0.2, 0.25) is 0 Å². The van der Waals surface area contributed by atoms with E-state index in [0.29, 0.717) is 5.92 Å². The van der Waals surface area contributed by atoms with Gasteiger partial charge in [0.1, 0.15) is 5.82 Å². The Bertz CT molecular complexity index is 301. The summed E-state index contributed by atoms with van der Waals surface area (Å²) in [6.07, 6.45) is 0. The first-order valence-corrected chi connectivity index (χ1v) is 4.95. The molecule has 0 fully saturated rings. The van der Waals surface area contributed by atoms with Gasteiger partial charge in [-0.25, -0.2) is 4.68 Å². The molecule has 72 valence electrons. The lowest BCUT2D eigenvalue weighted by Crippen LogP contribution is -2.31. The molecule has 3 nitrogen and oxygen atoms in total. The molecule has 1 aliphatic heterocycles. The molecule has 2 heterocycles. The minimum Gasteiger partial charge on any atom is -0.370 e. The van der Waals surface area contributed by atoms with Gasteiger partial charge in [0.05, 0.1) is 5.69 Å². The normalized spacial score (nSPS) is 21.4. The number of fused-ring (bicyclic) bond motifs is 1. The van der Waals surface area contributed by atoms with E-state index in [1.54, 1.807) is 0 Å². The lowest BCUT2D eigenvalue weighted by atomic mass is 9.95. The number of anilines is 1. The molecular weight excluding hydrogens is 162 g/mol. The minimum atomic E-state index is 0.715. The second-order valence-electron chi connectivity index (χ2n) is 4.24. The van der Waals surface area contributed by atoms with Crippen LogP contribution in [0.3, 0.4) is 0 Å². The van der Waals surface area contributed by atoms with Crippen molar-refractivity contribution in [2.24, 2.45) is 11.8 Å². The van der Waals surface area contributed by atoms with E-state index in [4.69, 9.17) is 0 Å². The third-order valence-corrected chi connectivity index (χ3v) is 2.80. The third kappa shape index (κ3) is 1.55. The molecule has 0 radical (unpaired) electrons. The first kappa shape index (κ1) is 8.60. The summed E-state index contributed by atoms with van der Waals surface area (Å²) in [5.74, 6) is 2.62. The van der Waals surface area contributed by atoms with Crippen LogP contribution in [0.1, 0.15) is 19.5 Å². The van der Waals surface area contributed by atoms with Crippen molar-refractivity contribution >= 4 is 5.82 Å². The number of hydrogen-bond acceptors (Lipinski definition) is 2. The number of nitrogens with zero attached hydrogens (tertiary/aromatic N) is 2. The molecule has 1 aromatic heterocycles. The Hall–Kier alpha value is -0.990. The van der Waals surface area contributed by atoms with Crippen molar-refractivity contribution in [2.45, 2.75) is 27.3 Å². The third-order valence-electron chi connectivity index (χ3n) is 2.80. The highest BCUT2D eigenvalue weighted by Gasteiger charge is 2.21. The number of rotatable bonds is 1. The minimum absolute atomic E-state index is 0.715. The zero-order chi connectivity index (χ0) is 9.42. The van der Waals surface area contributed by atoms with Crippen LogP contribution in [0.5, 0.6) is 0 Å². The highest BCUT2D eigenvalue weighted by molar-refractivity contribution is 5.38. The Balaban J connectivity index is 2.19. The molecule has 0 saturated heterocycles. The molecule has 1 N–H and O–H groups in total. The maximum Gasteiger partial charge on any atom is 0.124 e. The maximum absolute atomic E-state index is 4.44. The molecule has 13 heavy (non-hydrogen) atoms. The largest absolute Gasteiger partial charge is 0.370 e. The predicted octanol–water partition coefficient (Wildman–Crippen LogP) is 1.89. The second kappa shape index (κ2) is 3.05. The van der Waals surface area contributed by atoms with Crippen molar-refractivity contribution in [2.75, 3.05) is 11.9 Å². The zero-order valence-electron chi connectivity index (χ0n) is 8.54. The van der Waals surface area contributed by atoms with Crippen molar-refractivity contribution in [3.63, 3.8) is 0 Å². The van der Waals surface area contributed by atoms with Crippen LogP contribution >= 0.6 is 0 Å². The zero-order valence-corrected chi connectivity index (χ0v) is 8.54. The van der Waals surface area contributed by atoms with Crippen LogP contribution in [0.2, 0.25) is 0 Å². The Morgan fingerprint density at radius 2 is 2.38 bits per heavy atom. The molecule has 2 rings (SSSR count). The predicted molar refractivity (Wildman–Crippen MR) is 53.8 cm³/mol. The highest BCUT2D eigenvalue weighted by atomic mass is 15.3. The van der Waals surface area contributed by atoms with Crippen molar-refractivity contribution in [3.05, 3.63) is 11.8 Å². The van der Waals surface area contributed by atoms with Crippen LogP contribution in [0, 0.1) is 18.8 Å². The Labute approximate surface area is 79.1 Å². The molecule has 0 bridgehead atoms. The maximum atomic E-state index is 4.44. The van der Waals surface area contributed by atoms with Crippen LogP contribution in [0.4, 0.5) is 5.82 Å². The fraction of sp³-hybridized carbons (Fsp3) is 0.700. The standard InChI is InChI=1S/C10H17N3/c1-7(2)9-5-11-10-4-8(3)12-13(10)6-9/h4,7,9,11H,5-6H2,1-3H3. The van der Waals surface area contributed by atoms with Gasteiger partial charge in [0.25, 0.3) is 0 Å². The van der Waals surface area contributed by atoms with Gasteiger partial charge >= 0.3 is 0 Å². The van der Waals surface area contributed by atoms with E-state index >= 15 is 0 Å². The summed E-state index contributed by atoms with van der Waals surface area (Å²) >= 11 is 0. The number of nitrogens with one attached hydrogen (secondary N) is 1. The van der Waals surface area contributed by atoms with Crippen LogP contribution in [0.15, 0.2) is 6.07 Å². The quantitative estimate of drug-likeness (QED) is 0.713. The number of aryl methyl sites for hydroxylation is 1. The second-order valence-corrected chi connectivity index (χ2v) is 4.24. The van der Waals surface area contributed by atoms with E-state index in [-0.39, 0.29) is 0 Å². The van der Waals surface area contributed by atoms with Crippen LogP contribution in [-0.2, 0) is 6.54 Å². The summed E-state index contributed by atoms with van der Waals surface area (Å²) in [6, 6.07) is 2.11. The fourth-order valence-electron chi connectivity index (χ4n) is 1.80. The van der Waals surface area contributed by atoms with Gasteiger partial charge in [-0.1, -0.05) is 13.8 Å². The average Bonchev–Trinajstić information content (AvgIpc) is 2.42. The molecule has 1 unspecified atom stereocenters. The first-order valence-electron chi connectivity index (χ1n) is 4.95. The monoisotopic (exact) mass is 179 g/mol. The SMILES string of the molecule is Cc1cc2n(n1)CC(C(C)C)CN2. The molecule has 1 aliphatic rings. The smallest absolute Gasteiger partial charge is 0.124 e. The molecule has 0 aromatic carbocycles. The van der Waals surface area contributed by atoms with Gasteiger partial charge in [0.15, 0.2) is 0 Å². The summed E-state index contributed by atoms with van der Waals surface area (Å²) in [4.78, 5) is 0. The van der Waals surface area contributed by atoms with E-state index in [9.17, 15) is 0 Å². The summed E-state index contributed by atoms with van der Waals surface area (Å²) in [7, 11) is 0. The van der Waals surface area contributed by atoms with Crippen molar-refractivity contribution in [3.8, 4) is 0 Å². The molecule has 0 saturated carbocycles. The van der Waals surface area contributed by atoms with Gasteiger partial charge in [0, 0.05) is 19.2 Å². The summed E-state index contributed by atoms with van der Waals surface area (Å²) in [5, 5.41) is 7.85. The lowest BCUT2D eigenvalue weighted by Gasteiger charge is -2.27. The fourth-order valence-corrected chi connectivity index (χ4v) is 1.80. The Morgan fingerprint density at radius 3 is 3.08 bits per heavy atom. The van der Waals surface area contributed by atoms with Gasteiger partial charge in [-0.3, -0.25) is 0 Å². The first-order chi connectivity index (χ1) is 6.16. The van der Waals surface area contributed by atoms with Gasteiger partial charge < -0.3 is 5.32 Å². The average molecular weight is 179 g/mol. The Kier molecular flexibility index (Phi) is 2.02. The molecule has 0 aliphatic carbocycles. The van der Waals surface area contributed by atoms with E-state index in [2.05, 4.69) is 35.0 Å². The lowest BCUT2D eigenvalue weighted by molar-refractivity contribution is 0.322. The molecule has 0 spiro atoms. The van der Waals surface area contributed by atoms with Crippen molar-refractivity contribution < 1.29 is 0 Å². The number of aromatic nitrogens is 2. The summed E-state index contributed by atoms with van der Waals surface area (Å²) in [5.41, 5.74) is 1.10. The van der Waals surface area contributed by atoms with E-state index in [1.165, 1.54) is 5.82 Å². The summed E-state index contributed by atoms with van der Waals surface area (Å²) < 4.78 is 2.09. The molecule has 1 atom stereocenters. The summed E-state index contributed by atoms with van der Waals surface area (Å²) in [6.45, 7) is 8.73. The van der Waals surface area contributed by atoms with E-state index < -0.39 is 0 Å².